The van der Waals surface area contributed by atoms with Gasteiger partial charge in [-0.15, -0.1) is 0 Å². The lowest BCUT2D eigenvalue weighted by Gasteiger charge is -2.43. The zero-order valence-corrected chi connectivity index (χ0v) is 16.4. The quantitative estimate of drug-likeness (QED) is 0.500. The van der Waals surface area contributed by atoms with Crippen LogP contribution in [0.1, 0.15) is 51.7 Å². The number of allylic oxidation sites excluding steroid dienone is 2. The fraction of sp³-hybridized carbons (Fsp3) is 0.417. The molecule has 2 heteroatoms. The van der Waals surface area contributed by atoms with Gasteiger partial charge in [-0.2, -0.15) is 0 Å². The van der Waals surface area contributed by atoms with Gasteiger partial charge in [0.15, 0.2) is 6.29 Å². The third-order valence-electron chi connectivity index (χ3n) is 5.52. The summed E-state index contributed by atoms with van der Waals surface area (Å²) in [6.45, 7) is 8.47. The molecular formula is C24H32O2. The predicted octanol–water partition coefficient (Wildman–Crippen LogP) is 5.30. The second-order valence-corrected chi connectivity index (χ2v) is 7.71. The van der Waals surface area contributed by atoms with Crippen LogP contribution in [0, 0.1) is 11.8 Å². The molecule has 2 aromatic rings. The van der Waals surface area contributed by atoms with Gasteiger partial charge in [-0.3, -0.25) is 0 Å². The highest BCUT2D eigenvalue weighted by molar-refractivity contribution is 5.39. The molecule has 2 rings (SSSR count). The Balaban J connectivity index is 2.48. The summed E-state index contributed by atoms with van der Waals surface area (Å²) < 4.78 is 0. The molecule has 140 valence electrons. The van der Waals surface area contributed by atoms with Crippen LogP contribution >= 0.6 is 0 Å². The molecule has 0 radical (unpaired) electrons. The van der Waals surface area contributed by atoms with Gasteiger partial charge in [-0.1, -0.05) is 86.2 Å². The number of hydrogen-bond acceptors (Lipinski definition) is 2. The van der Waals surface area contributed by atoms with E-state index in [1.807, 2.05) is 36.4 Å². The van der Waals surface area contributed by atoms with E-state index in [1.54, 1.807) is 0 Å². The van der Waals surface area contributed by atoms with Gasteiger partial charge in [-0.05, 0) is 43.7 Å². The smallest absolute Gasteiger partial charge is 0.155 e. The van der Waals surface area contributed by atoms with Crippen LogP contribution in [0.25, 0.3) is 0 Å². The lowest BCUT2D eigenvalue weighted by Crippen LogP contribution is -2.44. The Kier molecular flexibility index (Phi) is 7.19. The average molecular weight is 353 g/mol. The molecule has 0 saturated heterocycles. The van der Waals surface area contributed by atoms with Crippen LogP contribution in [-0.2, 0) is 5.41 Å². The molecule has 0 aliphatic heterocycles. The maximum absolute atomic E-state index is 10.4. The first-order valence-corrected chi connectivity index (χ1v) is 9.48. The van der Waals surface area contributed by atoms with Crippen LogP contribution in [0.3, 0.4) is 0 Å². The Bertz CT molecular complexity index is 645. The van der Waals surface area contributed by atoms with Gasteiger partial charge < -0.3 is 10.2 Å². The number of benzene rings is 2. The first kappa shape index (κ1) is 20.4. The summed E-state index contributed by atoms with van der Waals surface area (Å²) in [6.07, 6.45) is 2.71. The van der Waals surface area contributed by atoms with Gasteiger partial charge in [0.2, 0.25) is 0 Å². The molecule has 0 aliphatic carbocycles. The molecular weight excluding hydrogens is 320 g/mol. The summed E-state index contributed by atoms with van der Waals surface area (Å²) in [5.74, 6) is -0.158. The van der Waals surface area contributed by atoms with Crippen LogP contribution in [0.4, 0.5) is 0 Å². The summed E-state index contributed by atoms with van der Waals surface area (Å²) >= 11 is 0. The fourth-order valence-electron chi connectivity index (χ4n) is 4.10. The first-order valence-electron chi connectivity index (χ1n) is 9.48. The third kappa shape index (κ3) is 4.63. The maximum Gasteiger partial charge on any atom is 0.155 e. The lowest BCUT2D eigenvalue weighted by molar-refractivity contribution is -0.117. The minimum absolute atomic E-state index is 0.149. The lowest BCUT2D eigenvalue weighted by atomic mass is 9.62. The molecule has 2 nitrogen and oxygen atoms in total. The van der Waals surface area contributed by atoms with E-state index < -0.39 is 11.7 Å². The molecule has 2 atom stereocenters. The normalized spacial score (nSPS) is 14.1. The Morgan fingerprint density at radius 3 is 1.77 bits per heavy atom. The molecule has 0 saturated carbocycles. The SMILES string of the molecule is CC(C)=CCCC(C)C(C(O)O)C(C)(c1ccccc1)c1ccccc1. The van der Waals surface area contributed by atoms with E-state index in [0.29, 0.717) is 0 Å². The zero-order valence-electron chi connectivity index (χ0n) is 16.4. The number of aliphatic hydroxyl groups excluding tert-OH is 1. The van der Waals surface area contributed by atoms with E-state index in [9.17, 15) is 10.2 Å². The van der Waals surface area contributed by atoms with Crippen molar-refractivity contribution >= 4 is 0 Å². The van der Waals surface area contributed by atoms with Gasteiger partial charge in [-0.25, -0.2) is 0 Å². The number of rotatable bonds is 8. The van der Waals surface area contributed by atoms with Crippen LogP contribution in [-0.4, -0.2) is 16.5 Å². The van der Waals surface area contributed by atoms with Crippen LogP contribution < -0.4 is 0 Å². The molecule has 2 unspecified atom stereocenters. The van der Waals surface area contributed by atoms with Gasteiger partial charge in [0.05, 0.1) is 0 Å². The van der Waals surface area contributed by atoms with E-state index in [1.165, 1.54) is 5.57 Å². The Labute approximate surface area is 158 Å². The van der Waals surface area contributed by atoms with Crippen molar-refractivity contribution in [2.24, 2.45) is 11.8 Å². The van der Waals surface area contributed by atoms with Crippen molar-refractivity contribution in [3.8, 4) is 0 Å². The minimum atomic E-state index is -1.39. The standard InChI is InChI=1S/C24H32O2/c1-18(2)12-11-13-19(3)22(23(25)26)24(4,20-14-7-5-8-15-20)21-16-9-6-10-17-21/h5-10,12,14-17,19,22-23,25-26H,11,13H2,1-4H3. The van der Waals surface area contributed by atoms with E-state index in [4.69, 9.17) is 0 Å². The molecule has 0 fully saturated rings. The van der Waals surface area contributed by atoms with Crippen molar-refractivity contribution in [3.63, 3.8) is 0 Å². The minimum Gasteiger partial charge on any atom is -0.368 e. The van der Waals surface area contributed by atoms with Crippen molar-refractivity contribution in [3.05, 3.63) is 83.4 Å². The van der Waals surface area contributed by atoms with Gasteiger partial charge in [0, 0.05) is 11.3 Å². The van der Waals surface area contributed by atoms with E-state index in [-0.39, 0.29) is 11.8 Å². The molecule has 0 amide bonds. The molecule has 2 aromatic carbocycles. The topological polar surface area (TPSA) is 40.5 Å². The monoisotopic (exact) mass is 352 g/mol. The maximum atomic E-state index is 10.4. The molecule has 0 aliphatic rings. The molecule has 26 heavy (non-hydrogen) atoms. The Hall–Kier alpha value is -1.90. The summed E-state index contributed by atoms with van der Waals surface area (Å²) in [7, 11) is 0. The average Bonchev–Trinajstić information content (AvgIpc) is 2.62. The molecule has 0 aromatic heterocycles. The number of aliphatic hydroxyl groups is 2. The molecule has 2 N–H and O–H groups in total. The summed E-state index contributed by atoms with van der Waals surface area (Å²) in [6, 6.07) is 20.4. The second-order valence-electron chi connectivity index (χ2n) is 7.71. The molecule has 0 spiro atoms. The van der Waals surface area contributed by atoms with Crippen molar-refractivity contribution in [1.29, 1.82) is 0 Å². The van der Waals surface area contributed by atoms with Crippen molar-refractivity contribution < 1.29 is 10.2 Å². The molecule has 0 heterocycles. The highest BCUT2D eigenvalue weighted by atomic mass is 16.5. The van der Waals surface area contributed by atoms with Crippen molar-refractivity contribution in [2.45, 2.75) is 52.2 Å². The van der Waals surface area contributed by atoms with Crippen LogP contribution in [0.15, 0.2) is 72.3 Å². The van der Waals surface area contributed by atoms with Crippen LogP contribution in [0.2, 0.25) is 0 Å². The van der Waals surface area contributed by atoms with Gasteiger partial charge in [0.25, 0.3) is 0 Å². The van der Waals surface area contributed by atoms with Crippen LogP contribution in [0.5, 0.6) is 0 Å². The largest absolute Gasteiger partial charge is 0.368 e. The van der Waals surface area contributed by atoms with E-state index in [0.717, 1.165) is 24.0 Å². The van der Waals surface area contributed by atoms with Crippen molar-refractivity contribution in [1.82, 2.24) is 0 Å². The first-order chi connectivity index (χ1) is 12.4. The summed E-state index contributed by atoms with van der Waals surface area (Å²) in [4.78, 5) is 0. The van der Waals surface area contributed by atoms with Crippen molar-refractivity contribution in [2.75, 3.05) is 0 Å². The van der Waals surface area contributed by atoms with Gasteiger partial charge >= 0.3 is 0 Å². The zero-order chi connectivity index (χ0) is 19.2. The second kappa shape index (κ2) is 9.16. The number of hydrogen-bond donors (Lipinski definition) is 2. The van der Waals surface area contributed by atoms with E-state index >= 15 is 0 Å². The summed E-state index contributed by atoms with van der Waals surface area (Å²) in [5.41, 5.74) is 3.03. The molecule has 0 bridgehead atoms. The Morgan fingerprint density at radius 2 is 1.38 bits per heavy atom. The Morgan fingerprint density at radius 1 is 0.923 bits per heavy atom. The predicted molar refractivity (Wildman–Crippen MR) is 109 cm³/mol. The highest BCUT2D eigenvalue weighted by Crippen LogP contribution is 2.44. The fourth-order valence-corrected chi connectivity index (χ4v) is 4.10. The third-order valence-corrected chi connectivity index (χ3v) is 5.52. The highest BCUT2D eigenvalue weighted by Gasteiger charge is 2.43. The van der Waals surface area contributed by atoms with E-state index in [2.05, 4.69) is 58.0 Å². The summed E-state index contributed by atoms with van der Waals surface area (Å²) in [5, 5.41) is 20.8. The van der Waals surface area contributed by atoms with Gasteiger partial charge in [0.1, 0.15) is 0 Å².